The molecule has 15 aromatic rings. The van der Waals surface area contributed by atoms with E-state index in [9.17, 15) is 19.5 Å². The number of rotatable bonds is 16. The molecule has 12 aromatic carbocycles. The van der Waals surface area contributed by atoms with Crippen molar-refractivity contribution in [3.8, 4) is 41.1 Å². The number of aryl methyl sites for hydroxylation is 6. The Bertz CT molecular complexity index is 5820. The zero-order chi connectivity index (χ0) is 89.0. The summed E-state index contributed by atoms with van der Waals surface area (Å²) in [6, 6.07) is 96.2. The van der Waals surface area contributed by atoms with E-state index in [1.54, 1.807) is 97.2 Å². The first-order valence-corrected chi connectivity index (χ1v) is 38.0. The van der Waals surface area contributed by atoms with Crippen molar-refractivity contribution in [1.82, 2.24) is 50.0 Å². The second kappa shape index (κ2) is 49.3. The number of hydrazine groups is 1. The number of halogens is 1. The number of ether oxygens (including phenoxy) is 4. The maximum absolute atomic E-state index is 12.5. The van der Waals surface area contributed by atoms with E-state index in [1.807, 2.05) is 266 Å². The average Bonchev–Trinajstić information content (AvgIpc) is 1.68. The third kappa shape index (κ3) is 32.5. The van der Waals surface area contributed by atoms with Crippen LogP contribution in [0.1, 0.15) is 70.0 Å². The standard InChI is InChI=1S/C17H17N5O.C16H15N5O2.C15H13N3O.C14H10N2O2.C13H13NO.C9H11N5.C8H7ClO.H4N2/c1-11-6-8-13(9-7-11)15(23)22-16(18)20-17(21-22)19-14-5-3-4-12(2)10-14;1-10-5-7-11(8-6-10)14(23)21-15(17)19-16(20-21)18-12-3-2-4-13(22)9-12;1-12-6-5-7-13(10-12)18-15(17-11-16)19-14-8-3-2-4-9-14;15-11-16-14(17-12-7-3-1-4-8-12)18-13-9-5-2-6-10-13;14-12-7-4-8-13(9-12)15-10-11-5-2-1-3-6-11;1-6-3-2-4-7(5-6)11-9-12-8(10)13-14-9;1-6-2-4-7(5-3-6)8(9)10;1-2/h3-10H,1-2H3,(H3,18,19,20,21);2-9,22H,1H3,(H3,17,18,19,20);2-10H,1H3,(H,17,18);1-10H;1-9H,10,14H2;2-5H,1H3,(H4,10,11,12,13,14);2-5H,1H3;1-2H2. The van der Waals surface area contributed by atoms with Crippen LogP contribution < -0.4 is 74.8 Å². The number of para-hydroxylation sites is 3. The molecule has 0 amide bonds. The third-order valence-electron chi connectivity index (χ3n) is 16.2. The quantitative estimate of drug-likeness (QED) is 0.00625. The summed E-state index contributed by atoms with van der Waals surface area (Å²) in [5, 5.41) is 52.4. The molecule has 32 heteroatoms. The van der Waals surface area contributed by atoms with Gasteiger partial charge in [-0.15, -0.1) is 15.3 Å². The fourth-order valence-electron chi connectivity index (χ4n) is 10.3. The number of nitrogens with two attached hydrogens (primary N) is 6. The van der Waals surface area contributed by atoms with Crippen LogP contribution in [0.4, 0.5) is 64.1 Å². The Balaban J connectivity index is 0.000000181. The highest BCUT2D eigenvalue weighted by Gasteiger charge is 2.19. The maximum Gasteiger partial charge on any atom is 0.410 e. The fraction of sp³-hybridized carbons (Fsp3) is 0.0761. The molecule has 0 atom stereocenters. The summed E-state index contributed by atoms with van der Waals surface area (Å²) in [5.41, 5.74) is 35.8. The van der Waals surface area contributed by atoms with E-state index in [2.05, 4.69) is 78.3 Å². The van der Waals surface area contributed by atoms with Crippen LogP contribution in [0, 0.1) is 64.5 Å². The lowest BCUT2D eigenvalue weighted by atomic mass is 10.1. The number of carbonyl (C=O) groups excluding carboxylic acids is 3. The number of hydrogen-bond acceptors (Lipinski definition) is 27. The number of nitrogens with zero attached hydrogens (tertiary/aromatic N) is 12. The van der Waals surface area contributed by atoms with E-state index >= 15 is 0 Å². The van der Waals surface area contributed by atoms with Crippen LogP contribution in [0.25, 0.3) is 0 Å². The van der Waals surface area contributed by atoms with Crippen molar-refractivity contribution < 1.29 is 38.4 Å². The normalized spacial score (nSPS) is 9.98. The summed E-state index contributed by atoms with van der Waals surface area (Å²) < 4.78 is 24.0. The van der Waals surface area contributed by atoms with Crippen LogP contribution in [0.5, 0.6) is 28.7 Å². The van der Waals surface area contributed by atoms with Gasteiger partial charge in [0.15, 0.2) is 6.19 Å². The number of nitrogen functional groups attached to an aromatic ring is 4. The number of phenolic OH excluding ortho intramolecular Hbond substituents is 1. The van der Waals surface area contributed by atoms with E-state index in [0.717, 1.165) is 71.2 Å². The molecular formula is C92H90ClN23O8. The molecule has 0 aliphatic heterocycles. The van der Waals surface area contributed by atoms with Gasteiger partial charge in [0.1, 0.15) is 35.4 Å². The molecule has 0 aliphatic carbocycles. The minimum absolute atomic E-state index is 0.0155. The van der Waals surface area contributed by atoms with Crippen molar-refractivity contribution in [1.29, 1.82) is 10.5 Å². The van der Waals surface area contributed by atoms with E-state index in [1.165, 1.54) is 11.6 Å². The van der Waals surface area contributed by atoms with Gasteiger partial charge in [0.25, 0.3) is 17.1 Å². The first kappa shape index (κ1) is 92.5. The van der Waals surface area contributed by atoms with E-state index in [0.29, 0.717) is 58.1 Å². The topological polar surface area (TPSA) is 488 Å². The third-order valence-corrected chi connectivity index (χ3v) is 16.4. The van der Waals surface area contributed by atoms with Gasteiger partial charge >= 0.3 is 12.1 Å². The lowest BCUT2D eigenvalue weighted by Crippen LogP contribution is -2.23. The Labute approximate surface area is 720 Å². The van der Waals surface area contributed by atoms with Crippen molar-refractivity contribution in [3.05, 3.63) is 371 Å². The SMILES string of the molecule is Cc1ccc(C(=O)Cl)cc1.Cc1ccc(C(=O)n2nc(Nc3cccc(C)c3)nc2N)cc1.Cc1ccc(C(=O)n2nc(Nc3cccc(O)c3)nc2N)cc1.Cc1cccc(N=C(NC#N)Oc2ccccc2)c1.Cc1cccc(Nc2n[nH]c(N)n2)c1.N#CN=C(Oc1ccccc1)Oc1ccccc1.NN.Nc1cccc(OCc2ccccc2)c1. The minimum Gasteiger partial charge on any atom is -0.508 e. The number of nitrogens with one attached hydrogen (secondary N) is 5. The van der Waals surface area contributed by atoms with Crippen molar-refractivity contribution in [2.24, 2.45) is 21.7 Å². The smallest absolute Gasteiger partial charge is 0.410 e. The molecule has 0 saturated heterocycles. The second-order valence-corrected chi connectivity index (χ2v) is 26.5. The van der Waals surface area contributed by atoms with Crippen LogP contribution in [0.15, 0.2) is 325 Å². The number of carbonyl (C=O) groups is 3. The summed E-state index contributed by atoms with van der Waals surface area (Å²) in [6.45, 7) is 12.4. The molecule has 0 spiro atoms. The number of hydrogen-bond donors (Lipinski definition) is 12. The number of H-pyrrole nitrogens is 1. The van der Waals surface area contributed by atoms with Crippen molar-refractivity contribution in [2.45, 2.75) is 48.1 Å². The zero-order valence-electron chi connectivity index (χ0n) is 68.2. The van der Waals surface area contributed by atoms with Crippen molar-refractivity contribution in [2.75, 3.05) is 38.9 Å². The predicted molar refractivity (Wildman–Crippen MR) is 484 cm³/mol. The lowest BCUT2D eigenvalue weighted by Gasteiger charge is -2.07. The van der Waals surface area contributed by atoms with Crippen molar-refractivity contribution in [3.63, 3.8) is 0 Å². The van der Waals surface area contributed by atoms with Gasteiger partial charge in [-0.3, -0.25) is 26.1 Å². The first-order chi connectivity index (χ1) is 60.0. The largest absolute Gasteiger partial charge is 0.508 e. The first-order valence-electron chi connectivity index (χ1n) is 37.7. The number of aromatic amines is 1. The molecule has 0 aliphatic rings. The number of nitriles is 2. The summed E-state index contributed by atoms with van der Waals surface area (Å²) in [7, 11) is 0. The van der Waals surface area contributed by atoms with Gasteiger partial charge in [-0.25, -0.2) is 10.4 Å². The van der Waals surface area contributed by atoms with Crippen LogP contribution >= 0.6 is 11.6 Å². The van der Waals surface area contributed by atoms with E-state index in [4.69, 9.17) is 64.0 Å². The molecule has 0 bridgehead atoms. The van der Waals surface area contributed by atoms with E-state index in [-0.39, 0.29) is 53.5 Å². The number of anilines is 10. The Hall–Kier alpha value is -17.0. The Kier molecular flexibility index (Phi) is 36.8. The van der Waals surface area contributed by atoms with Crippen molar-refractivity contribution >= 4 is 105 Å². The molecule has 0 radical (unpaired) electrons. The lowest BCUT2D eigenvalue weighted by molar-refractivity contribution is 0.0940. The molecule has 628 valence electrons. The molecule has 18 N–H and O–H groups in total. The number of amidine groups is 1. The number of benzene rings is 12. The summed E-state index contributed by atoms with van der Waals surface area (Å²) >= 11 is 5.22. The predicted octanol–water partition coefficient (Wildman–Crippen LogP) is 16.8. The van der Waals surface area contributed by atoms with Crippen LogP contribution in [0.2, 0.25) is 0 Å². The van der Waals surface area contributed by atoms with Gasteiger partial charge in [0.05, 0.1) is 5.69 Å². The molecule has 0 unspecified atom stereocenters. The highest BCUT2D eigenvalue weighted by Crippen LogP contribution is 2.24. The fourth-order valence-corrected chi connectivity index (χ4v) is 10.4. The number of aromatic nitrogens is 9. The van der Waals surface area contributed by atoms with Crippen LogP contribution in [-0.4, -0.2) is 79.0 Å². The zero-order valence-corrected chi connectivity index (χ0v) is 69.0. The summed E-state index contributed by atoms with van der Waals surface area (Å²) in [5.74, 6) is 11.3. The number of aromatic hydroxyl groups is 1. The van der Waals surface area contributed by atoms with Gasteiger partial charge in [-0.05, 0) is 209 Å². The second-order valence-electron chi connectivity index (χ2n) is 26.2. The maximum atomic E-state index is 12.5. The Morgan fingerprint density at radius 2 is 0.863 bits per heavy atom. The summed E-state index contributed by atoms with van der Waals surface area (Å²) in [6.07, 6.45) is 3.36. The molecule has 0 saturated carbocycles. The highest BCUT2D eigenvalue weighted by atomic mass is 35.5. The highest BCUT2D eigenvalue weighted by molar-refractivity contribution is 6.67. The summed E-state index contributed by atoms with van der Waals surface area (Å²) in [4.78, 5) is 55.2. The monoisotopic (exact) mass is 1680 g/mol. The molecule has 124 heavy (non-hydrogen) atoms. The van der Waals surface area contributed by atoms with Gasteiger partial charge in [-0.2, -0.15) is 39.8 Å². The average molecular weight is 1680 g/mol. The molecule has 31 nitrogen and oxygen atoms in total. The molecule has 15 rings (SSSR count). The number of aliphatic imine (C=N–C) groups is 2. The van der Waals surface area contributed by atoms with Crippen LogP contribution in [0.3, 0.4) is 0 Å². The van der Waals surface area contributed by atoms with Gasteiger partial charge < -0.3 is 62.9 Å². The van der Waals surface area contributed by atoms with Crippen LogP contribution in [-0.2, 0) is 6.61 Å². The molecule has 0 fully saturated rings. The van der Waals surface area contributed by atoms with E-state index < -0.39 is 5.24 Å². The van der Waals surface area contributed by atoms with Gasteiger partial charge in [-0.1, -0.05) is 192 Å². The minimum atomic E-state index is -0.403. The van der Waals surface area contributed by atoms with Gasteiger partial charge in [0.2, 0.25) is 41.9 Å². The molecule has 3 aromatic heterocycles. The molecule has 3 heterocycles. The molecular weight excluding hydrogens is 1590 g/mol. The Morgan fingerprint density at radius 1 is 0.452 bits per heavy atom. The van der Waals surface area contributed by atoms with Gasteiger partial charge in [0, 0.05) is 51.6 Å². The number of phenols is 1. The Morgan fingerprint density at radius 3 is 1.28 bits per heavy atom.